The standard InChI is InChI=1S/C20H18Cl2N2O4S2/c1-13-3-10-20(14(2)11-13)30(27,28)23-15-4-7-17(8-5-15)29(25,26)24-16-6-9-18(21)19(22)12-16/h3-12,23-24H,1-2H3. The van der Waals surface area contributed by atoms with Crippen molar-refractivity contribution in [3.8, 4) is 0 Å². The number of rotatable bonds is 6. The third-order valence-corrected chi connectivity index (χ3v) is 7.89. The van der Waals surface area contributed by atoms with E-state index >= 15 is 0 Å². The Morgan fingerprint density at radius 3 is 1.87 bits per heavy atom. The van der Waals surface area contributed by atoms with Crippen molar-refractivity contribution >= 4 is 54.6 Å². The Balaban J connectivity index is 1.80. The van der Waals surface area contributed by atoms with Gasteiger partial charge in [0.05, 0.1) is 25.5 Å². The highest BCUT2D eigenvalue weighted by atomic mass is 35.5. The van der Waals surface area contributed by atoms with Gasteiger partial charge in [-0.1, -0.05) is 40.9 Å². The van der Waals surface area contributed by atoms with E-state index in [9.17, 15) is 16.8 Å². The van der Waals surface area contributed by atoms with E-state index in [0.717, 1.165) is 5.56 Å². The Morgan fingerprint density at radius 1 is 0.667 bits per heavy atom. The number of nitrogens with one attached hydrogen (secondary N) is 2. The van der Waals surface area contributed by atoms with Crippen LogP contribution in [0.5, 0.6) is 0 Å². The van der Waals surface area contributed by atoms with E-state index in [1.807, 2.05) is 6.92 Å². The maximum atomic E-state index is 12.7. The number of hydrogen-bond donors (Lipinski definition) is 2. The minimum absolute atomic E-state index is 0.0389. The Labute approximate surface area is 186 Å². The molecule has 0 heterocycles. The van der Waals surface area contributed by atoms with Crippen LogP contribution in [0.3, 0.4) is 0 Å². The highest BCUT2D eigenvalue weighted by Crippen LogP contribution is 2.27. The molecule has 0 amide bonds. The van der Waals surface area contributed by atoms with Crippen molar-refractivity contribution in [1.82, 2.24) is 0 Å². The predicted octanol–water partition coefficient (Wildman–Crippen LogP) is 5.21. The maximum absolute atomic E-state index is 12.7. The van der Waals surface area contributed by atoms with Crippen LogP contribution >= 0.6 is 23.2 Å². The normalized spacial score (nSPS) is 11.9. The quantitative estimate of drug-likeness (QED) is 0.501. The average Bonchev–Trinajstić information content (AvgIpc) is 2.64. The van der Waals surface area contributed by atoms with Crippen LogP contribution in [0.15, 0.2) is 70.5 Å². The fourth-order valence-corrected chi connectivity index (χ4v) is 5.42. The molecule has 0 aliphatic carbocycles. The summed E-state index contributed by atoms with van der Waals surface area (Å²) in [6.45, 7) is 3.59. The molecule has 0 radical (unpaired) electrons. The molecule has 6 nitrogen and oxygen atoms in total. The zero-order valence-electron chi connectivity index (χ0n) is 16.0. The summed E-state index contributed by atoms with van der Waals surface area (Å²) >= 11 is 11.7. The third kappa shape index (κ3) is 5.07. The van der Waals surface area contributed by atoms with Gasteiger partial charge in [-0.15, -0.1) is 0 Å². The summed E-state index contributed by atoms with van der Waals surface area (Å²) < 4.78 is 55.3. The smallest absolute Gasteiger partial charge is 0.262 e. The molecule has 2 N–H and O–H groups in total. The van der Waals surface area contributed by atoms with Crippen molar-refractivity contribution in [3.63, 3.8) is 0 Å². The molecule has 0 aromatic heterocycles. The highest BCUT2D eigenvalue weighted by Gasteiger charge is 2.18. The van der Waals surface area contributed by atoms with E-state index < -0.39 is 20.0 Å². The van der Waals surface area contributed by atoms with Gasteiger partial charge in [0.25, 0.3) is 20.0 Å². The first-order valence-electron chi connectivity index (χ1n) is 8.66. The van der Waals surface area contributed by atoms with Crippen molar-refractivity contribution in [2.75, 3.05) is 9.44 Å². The van der Waals surface area contributed by atoms with Gasteiger partial charge in [0.15, 0.2) is 0 Å². The molecule has 10 heteroatoms. The number of hydrogen-bond acceptors (Lipinski definition) is 4. The Bertz CT molecular complexity index is 1310. The summed E-state index contributed by atoms with van der Waals surface area (Å²) in [5.41, 5.74) is 2.07. The predicted molar refractivity (Wildman–Crippen MR) is 120 cm³/mol. The van der Waals surface area contributed by atoms with Crippen molar-refractivity contribution in [1.29, 1.82) is 0 Å². The Hall–Kier alpha value is -2.26. The summed E-state index contributed by atoms with van der Waals surface area (Å²) in [6.07, 6.45) is 0. The van der Waals surface area contributed by atoms with E-state index in [4.69, 9.17) is 23.2 Å². The third-order valence-electron chi connectivity index (χ3n) is 4.21. The van der Waals surface area contributed by atoms with Crippen molar-refractivity contribution in [2.24, 2.45) is 0 Å². The first-order chi connectivity index (χ1) is 14.0. The fraction of sp³-hybridized carbons (Fsp3) is 0.100. The Morgan fingerprint density at radius 2 is 1.27 bits per heavy atom. The van der Waals surface area contributed by atoms with Crippen LogP contribution in [0.2, 0.25) is 10.0 Å². The van der Waals surface area contributed by atoms with Crippen molar-refractivity contribution in [2.45, 2.75) is 23.6 Å². The van der Waals surface area contributed by atoms with Crippen LogP contribution in [-0.2, 0) is 20.0 Å². The maximum Gasteiger partial charge on any atom is 0.262 e. The van der Waals surface area contributed by atoms with Crippen molar-refractivity contribution < 1.29 is 16.8 Å². The number of benzene rings is 3. The molecular formula is C20H18Cl2N2O4S2. The monoisotopic (exact) mass is 484 g/mol. The minimum atomic E-state index is -3.90. The van der Waals surface area contributed by atoms with Gasteiger partial charge in [-0.25, -0.2) is 16.8 Å². The topological polar surface area (TPSA) is 92.3 Å². The molecule has 0 aliphatic heterocycles. The van der Waals surface area contributed by atoms with Crippen LogP contribution < -0.4 is 9.44 Å². The SMILES string of the molecule is Cc1ccc(S(=O)(=O)Nc2ccc(S(=O)(=O)Nc3ccc(Cl)c(Cl)c3)cc2)c(C)c1. The van der Waals surface area contributed by atoms with Gasteiger partial charge in [-0.2, -0.15) is 0 Å². The van der Waals surface area contributed by atoms with Gasteiger partial charge in [-0.05, 0) is 67.9 Å². The lowest BCUT2D eigenvalue weighted by atomic mass is 10.2. The second-order valence-electron chi connectivity index (χ2n) is 6.63. The van der Waals surface area contributed by atoms with Crippen LogP contribution in [0.25, 0.3) is 0 Å². The molecule has 0 unspecified atom stereocenters. The van der Waals surface area contributed by atoms with E-state index in [1.54, 1.807) is 19.1 Å². The average molecular weight is 485 g/mol. The largest absolute Gasteiger partial charge is 0.280 e. The summed E-state index contributed by atoms with van der Waals surface area (Å²) in [6, 6.07) is 14.8. The van der Waals surface area contributed by atoms with Gasteiger partial charge in [0.2, 0.25) is 0 Å². The summed E-state index contributed by atoms with van der Waals surface area (Å²) in [7, 11) is -7.70. The number of aryl methyl sites for hydroxylation is 2. The molecule has 0 aliphatic rings. The van der Waals surface area contributed by atoms with E-state index in [0.29, 0.717) is 10.6 Å². The molecule has 0 atom stereocenters. The number of halogens is 2. The molecule has 3 aromatic carbocycles. The lowest BCUT2D eigenvalue weighted by Crippen LogP contribution is -2.15. The molecule has 0 saturated heterocycles. The van der Waals surface area contributed by atoms with E-state index in [1.165, 1.54) is 48.5 Å². The summed E-state index contributed by atoms with van der Waals surface area (Å²) in [4.78, 5) is 0.120. The van der Waals surface area contributed by atoms with Crippen molar-refractivity contribution in [3.05, 3.63) is 81.8 Å². The second kappa shape index (κ2) is 8.47. The molecule has 3 rings (SSSR count). The molecule has 158 valence electrons. The van der Waals surface area contributed by atoms with E-state index in [-0.39, 0.29) is 26.2 Å². The molecule has 0 bridgehead atoms. The Kier molecular flexibility index (Phi) is 6.33. The summed E-state index contributed by atoms with van der Waals surface area (Å²) in [5.74, 6) is 0. The zero-order chi connectivity index (χ0) is 22.1. The number of anilines is 2. The minimum Gasteiger partial charge on any atom is -0.280 e. The molecule has 3 aromatic rings. The molecule has 0 saturated carbocycles. The van der Waals surface area contributed by atoms with Crippen LogP contribution in [-0.4, -0.2) is 16.8 Å². The van der Waals surface area contributed by atoms with Gasteiger partial charge >= 0.3 is 0 Å². The zero-order valence-corrected chi connectivity index (χ0v) is 19.1. The lowest BCUT2D eigenvalue weighted by molar-refractivity contribution is 0.599. The van der Waals surface area contributed by atoms with Gasteiger partial charge in [-0.3, -0.25) is 9.44 Å². The van der Waals surface area contributed by atoms with Crippen LogP contribution in [0, 0.1) is 13.8 Å². The molecule has 30 heavy (non-hydrogen) atoms. The van der Waals surface area contributed by atoms with Gasteiger partial charge < -0.3 is 0 Å². The van der Waals surface area contributed by atoms with Crippen LogP contribution in [0.4, 0.5) is 11.4 Å². The first-order valence-corrected chi connectivity index (χ1v) is 12.4. The molecular weight excluding hydrogens is 467 g/mol. The first kappa shape index (κ1) is 22.4. The fourth-order valence-electron chi connectivity index (χ4n) is 2.79. The second-order valence-corrected chi connectivity index (χ2v) is 10.8. The van der Waals surface area contributed by atoms with Crippen LogP contribution in [0.1, 0.15) is 11.1 Å². The number of sulfonamides is 2. The molecule has 0 spiro atoms. The van der Waals surface area contributed by atoms with Gasteiger partial charge in [0, 0.05) is 5.69 Å². The highest BCUT2D eigenvalue weighted by molar-refractivity contribution is 7.93. The van der Waals surface area contributed by atoms with Gasteiger partial charge in [0.1, 0.15) is 0 Å². The lowest BCUT2D eigenvalue weighted by Gasteiger charge is -2.12. The molecule has 0 fully saturated rings. The summed E-state index contributed by atoms with van der Waals surface area (Å²) in [5, 5.41) is 0.521. The van der Waals surface area contributed by atoms with E-state index in [2.05, 4.69) is 9.44 Å².